The van der Waals surface area contributed by atoms with Crippen molar-refractivity contribution in [2.24, 2.45) is 0 Å². The zero-order chi connectivity index (χ0) is 28.9. The van der Waals surface area contributed by atoms with Crippen molar-refractivity contribution < 1.29 is 38.4 Å². The average molecular weight is 537 g/mol. The zero-order valence-electron chi connectivity index (χ0n) is 22.3. The molecule has 0 atom stereocenters. The molecule has 13 heteroatoms. The number of nitro benzene ring substituents is 2. The molecule has 202 valence electrons. The summed E-state index contributed by atoms with van der Waals surface area (Å²) in [6.07, 6.45) is 0. The number of hydrogen-bond donors (Lipinski definition) is 1. The Labute approximate surface area is 215 Å². The van der Waals surface area contributed by atoms with Crippen molar-refractivity contribution in [2.75, 3.05) is 14.2 Å². The Morgan fingerprint density at radius 2 is 1.24 bits per heavy atom. The second-order valence-corrected chi connectivity index (χ2v) is 14.3. The van der Waals surface area contributed by atoms with E-state index >= 15 is 0 Å². The van der Waals surface area contributed by atoms with Crippen LogP contribution in [0.2, 0.25) is 18.1 Å². The van der Waals surface area contributed by atoms with E-state index in [1.807, 2.05) is 0 Å². The standard InChI is InChI=1S/C15H23NO5Si.C9H9NO5/c1-10-12(21-22(6,7)15(2,3)4)9-8-11(16(18)19)13(10)14(17)20-5;1-5-7(11)4-3-6(10(13)14)8(5)9(12)15-2/h8-9H,1-7H3;3-4,11H,1-2H3. The van der Waals surface area contributed by atoms with Crippen molar-refractivity contribution in [3.05, 3.63) is 66.7 Å². The Balaban J connectivity index is 0.000000397. The van der Waals surface area contributed by atoms with Crippen LogP contribution in [-0.2, 0) is 9.47 Å². The van der Waals surface area contributed by atoms with Crippen LogP contribution in [0.1, 0.15) is 52.6 Å². The van der Waals surface area contributed by atoms with Gasteiger partial charge in [-0.15, -0.1) is 0 Å². The number of rotatable bonds is 6. The number of aromatic hydroxyl groups is 1. The Morgan fingerprint density at radius 3 is 1.62 bits per heavy atom. The van der Waals surface area contributed by atoms with Crippen LogP contribution in [0.5, 0.6) is 11.5 Å². The number of nitro groups is 2. The molecule has 0 saturated heterocycles. The molecule has 1 N–H and O–H groups in total. The highest BCUT2D eigenvalue weighted by Gasteiger charge is 2.40. The summed E-state index contributed by atoms with van der Waals surface area (Å²) in [7, 11) is 0.210. The molecule has 2 aromatic rings. The van der Waals surface area contributed by atoms with E-state index in [2.05, 4.69) is 43.3 Å². The Morgan fingerprint density at radius 1 is 0.838 bits per heavy atom. The summed E-state index contributed by atoms with van der Waals surface area (Å²) < 4.78 is 15.3. The lowest BCUT2D eigenvalue weighted by Gasteiger charge is -2.37. The first kappa shape index (κ1) is 31.0. The molecule has 0 aromatic heterocycles. The van der Waals surface area contributed by atoms with Gasteiger partial charge < -0.3 is 19.0 Å². The first-order valence-electron chi connectivity index (χ1n) is 11.0. The third-order valence-electron chi connectivity index (χ3n) is 6.15. The van der Waals surface area contributed by atoms with E-state index in [1.54, 1.807) is 13.0 Å². The van der Waals surface area contributed by atoms with Crippen molar-refractivity contribution >= 4 is 31.6 Å². The molecule has 0 radical (unpaired) electrons. The molecule has 0 aliphatic carbocycles. The summed E-state index contributed by atoms with van der Waals surface area (Å²) in [5.41, 5.74) is -0.350. The maximum Gasteiger partial charge on any atom is 0.345 e. The van der Waals surface area contributed by atoms with Crippen LogP contribution in [0.4, 0.5) is 11.4 Å². The van der Waals surface area contributed by atoms with Gasteiger partial charge in [-0.05, 0) is 44.1 Å². The van der Waals surface area contributed by atoms with Crippen LogP contribution in [0.15, 0.2) is 24.3 Å². The molecule has 0 spiro atoms. The number of esters is 2. The van der Waals surface area contributed by atoms with Crippen LogP contribution in [0.25, 0.3) is 0 Å². The highest BCUT2D eigenvalue weighted by molar-refractivity contribution is 6.74. The summed E-state index contributed by atoms with van der Waals surface area (Å²) in [5, 5.41) is 31.0. The zero-order valence-corrected chi connectivity index (χ0v) is 23.3. The van der Waals surface area contributed by atoms with Gasteiger partial charge in [0.05, 0.1) is 24.1 Å². The Bertz CT molecular complexity index is 1220. The molecule has 12 nitrogen and oxygen atoms in total. The third kappa shape index (κ3) is 7.03. The average Bonchev–Trinajstić information content (AvgIpc) is 2.80. The van der Waals surface area contributed by atoms with Gasteiger partial charge in [0.1, 0.15) is 22.6 Å². The number of carbonyl (C=O) groups excluding carboxylic acids is 2. The third-order valence-corrected chi connectivity index (χ3v) is 10.5. The summed E-state index contributed by atoms with van der Waals surface area (Å²) >= 11 is 0. The quantitative estimate of drug-likeness (QED) is 0.216. The number of nitrogens with zero attached hydrogens (tertiary/aromatic N) is 2. The summed E-state index contributed by atoms with van der Waals surface area (Å²) in [5.74, 6) is -1.25. The van der Waals surface area contributed by atoms with E-state index in [0.717, 1.165) is 13.2 Å². The van der Waals surface area contributed by atoms with Crippen molar-refractivity contribution in [1.29, 1.82) is 0 Å². The molecule has 0 unspecified atom stereocenters. The molecule has 0 aliphatic rings. The fourth-order valence-corrected chi connectivity index (χ4v) is 4.00. The maximum atomic E-state index is 11.9. The summed E-state index contributed by atoms with van der Waals surface area (Å²) in [4.78, 5) is 43.6. The topological polar surface area (TPSA) is 168 Å². The van der Waals surface area contributed by atoms with Gasteiger partial charge in [-0.2, -0.15) is 0 Å². The number of phenols is 1. The number of methoxy groups -OCH3 is 2. The molecule has 0 bridgehead atoms. The summed E-state index contributed by atoms with van der Waals surface area (Å²) in [6, 6.07) is 5.08. The minimum Gasteiger partial charge on any atom is -0.543 e. The molecular formula is C24H32N2O10Si. The van der Waals surface area contributed by atoms with Crippen LogP contribution in [-0.4, -0.2) is 49.4 Å². The van der Waals surface area contributed by atoms with Gasteiger partial charge in [0, 0.05) is 23.3 Å². The van der Waals surface area contributed by atoms with Crippen molar-refractivity contribution in [3.63, 3.8) is 0 Å². The molecule has 0 saturated carbocycles. The normalized spacial score (nSPS) is 11.1. The van der Waals surface area contributed by atoms with Crippen LogP contribution in [0, 0.1) is 34.1 Å². The van der Waals surface area contributed by atoms with E-state index in [9.17, 15) is 34.9 Å². The van der Waals surface area contributed by atoms with Crippen molar-refractivity contribution in [2.45, 2.75) is 52.8 Å². The maximum absolute atomic E-state index is 11.9. The van der Waals surface area contributed by atoms with Crippen LogP contribution < -0.4 is 4.43 Å². The van der Waals surface area contributed by atoms with Gasteiger partial charge >= 0.3 is 11.9 Å². The predicted octanol–water partition coefficient (Wildman–Crippen LogP) is 5.47. The summed E-state index contributed by atoms with van der Waals surface area (Å²) in [6.45, 7) is 13.5. The van der Waals surface area contributed by atoms with E-state index < -0.39 is 30.1 Å². The SMILES string of the molecule is COC(=O)c1c([N+](=O)[O-])ccc(O)c1C.COC(=O)c1c([N+](=O)[O-])ccc(O[Si](C)(C)C(C)(C)C)c1C. The van der Waals surface area contributed by atoms with Crippen LogP contribution in [0.3, 0.4) is 0 Å². The minimum absolute atomic E-state index is 0.0212. The fourth-order valence-electron chi connectivity index (χ4n) is 2.93. The molecule has 0 amide bonds. The Hall–Kier alpha value is -4.00. The van der Waals surface area contributed by atoms with E-state index in [1.165, 1.54) is 26.2 Å². The van der Waals surface area contributed by atoms with Gasteiger partial charge in [0.15, 0.2) is 0 Å². The van der Waals surface area contributed by atoms with Gasteiger partial charge in [0.25, 0.3) is 11.4 Å². The van der Waals surface area contributed by atoms with E-state index in [0.29, 0.717) is 11.3 Å². The molecule has 2 aromatic carbocycles. The number of ether oxygens (including phenoxy) is 2. The van der Waals surface area contributed by atoms with Crippen molar-refractivity contribution in [3.8, 4) is 11.5 Å². The Kier molecular flexibility index (Phi) is 9.91. The lowest BCUT2D eigenvalue weighted by Crippen LogP contribution is -2.44. The van der Waals surface area contributed by atoms with E-state index in [-0.39, 0.29) is 38.9 Å². The first-order chi connectivity index (χ1) is 16.9. The van der Waals surface area contributed by atoms with Gasteiger partial charge in [-0.1, -0.05) is 20.8 Å². The van der Waals surface area contributed by atoms with Gasteiger partial charge in [-0.3, -0.25) is 20.2 Å². The van der Waals surface area contributed by atoms with E-state index in [4.69, 9.17) is 4.43 Å². The minimum atomic E-state index is -2.11. The van der Waals surface area contributed by atoms with Crippen molar-refractivity contribution in [1.82, 2.24) is 0 Å². The number of hydrogen-bond acceptors (Lipinski definition) is 10. The molecule has 0 aliphatic heterocycles. The monoisotopic (exact) mass is 536 g/mol. The fraction of sp³-hybridized carbons (Fsp3) is 0.417. The second-order valence-electron chi connectivity index (χ2n) is 9.55. The van der Waals surface area contributed by atoms with Gasteiger partial charge in [0.2, 0.25) is 8.32 Å². The molecule has 0 heterocycles. The number of carbonyl (C=O) groups is 2. The predicted molar refractivity (Wildman–Crippen MR) is 138 cm³/mol. The highest BCUT2D eigenvalue weighted by Crippen LogP contribution is 2.40. The lowest BCUT2D eigenvalue weighted by atomic mass is 10.1. The first-order valence-corrected chi connectivity index (χ1v) is 13.9. The lowest BCUT2D eigenvalue weighted by molar-refractivity contribution is -0.385. The molecular weight excluding hydrogens is 504 g/mol. The largest absolute Gasteiger partial charge is 0.543 e. The smallest absolute Gasteiger partial charge is 0.345 e. The number of phenolic OH excluding ortho intramolecular Hbond substituents is 1. The van der Waals surface area contributed by atoms with Crippen LogP contribution >= 0.6 is 0 Å². The highest BCUT2D eigenvalue weighted by atomic mass is 28.4. The second kappa shape index (κ2) is 11.8. The van der Waals surface area contributed by atoms with Gasteiger partial charge in [-0.25, -0.2) is 9.59 Å². The molecule has 2 rings (SSSR count). The number of benzene rings is 2. The molecule has 0 fully saturated rings. The molecule has 37 heavy (non-hydrogen) atoms.